The summed E-state index contributed by atoms with van der Waals surface area (Å²) in [4.78, 5) is 33.8. The van der Waals surface area contributed by atoms with Gasteiger partial charge in [0, 0.05) is 33.6 Å². The van der Waals surface area contributed by atoms with Crippen LogP contribution in [-0.4, -0.2) is 42.3 Å². The number of para-hydroxylation sites is 2. The van der Waals surface area contributed by atoms with Crippen LogP contribution < -0.4 is 15.5 Å². The second kappa shape index (κ2) is 13.7. The molecule has 0 aliphatic carbocycles. The highest BCUT2D eigenvalue weighted by molar-refractivity contribution is 7.17. The second-order valence-corrected chi connectivity index (χ2v) is 12.6. The van der Waals surface area contributed by atoms with Crippen molar-refractivity contribution in [3.8, 4) is 0 Å². The number of anilines is 3. The summed E-state index contributed by atoms with van der Waals surface area (Å²) in [6.07, 6.45) is -0.802. The molecule has 236 valence electrons. The van der Waals surface area contributed by atoms with Gasteiger partial charge in [0.05, 0.1) is 23.5 Å². The molecule has 0 saturated heterocycles. The lowest BCUT2D eigenvalue weighted by molar-refractivity contribution is -0.148. The van der Waals surface area contributed by atoms with Crippen molar-refractivity contribution in [3.63, 3.8) is 0 Å². The number of nitrogens with zero attached hydrogens (tertiary/aromatic N) is 2. The van der Waals surface area contributed by atoms with E-state index >= 15 is 0 Å². The number of fused-ring (bicyclic) bond motifs is 1. The average molecular weight is 655 g/mol. The summed E-state index contributed by atoms with van der Waals surface area (Å²) in [6, 6.07) is 20.7. The molecule has 2 atom stereocenters. The van der Waals surface area contributed by atoms with Crippen LogP contribution in [-0.2, 0) is 9.53 Å². The molecule has 0 saturated carbocycles. The van der Waals surface area contributed by atoms with Gasteiger partial charge in [-0.05, 0) is 75.2 Å². The largest absolute Gasteiger partial charge is 0.458 e. The lowest BCUT2D eigenvalue weighted by atomic mass is 9.99. The molecule has 0 fully saturated rings. The summed E-state index contributed by atoms with van der Waals surface area (Å²) >= 11 is 7.67. The summed E-state index contributed by atoms with van der Waals surface area (Å²) in [5.41, 5.74) is 5.94. The Kier molecular flexibility index (Phi) is 9.69. The number of thiophene rings is 1. The lowest BCUT2D eigenvalue weighted by Crippen LogP contribution is -2.41. The van der Waals surface area contributed by atoms with E-state index in [1.54, 1.807) is 62.2 Å². The van der Waals surface area contributed by atoms with Crippen LogP contribution in [0.5, 0.6) is 0 Å². The van der Waals surface area contributed by atoms with Crippen molar-refractivity contribution in [1.82, 2.24) is 0 Å². The molecule has 1 aliphatic heterocycles. The van der Waals surface area contributed by atoms with Crippen molar-refractivity contribution in [2.45, 2.75) is 46.3 Å². The lowest BCUT2D eigenvalue weighted by Gasteiger charge is -2.25. The Morgan fingerprint density at radius 2 is 1.70 bits per heavy atom. The summed E-state index contributed by atoms with van der Waals surface area (Å²) < 4.78 is 5.81. The van der Waals surface area contributed by atoms with E-state index in [4.69, 9.17) is 32.1 Å². The van der Waals surface area contributed by atoms with E-state index in [9.17, 15) is 9.59 Å². The van der Waals surface area contributed by atoms with E-state index < -0.39 is 18.1 Å². The van der Waals surface area contributed by atoms with E-state index in [-0.39, 0.29) is 24.0 Å². The fourth-order valence-electron chi connectivity index (χ4n) is 5.27. The number of hydrogen-bond acceptors (Lipinski definition) is 8. The van der Waals surface area contributed by atoms with Crippen LogP contribution >= 0.6 is 22.9 Å². The van der Waals surface area contributed by atoms with Crippen LogP contribution in [0.2, 0.25) is 5.02 Å². The van der Waals surface area contributed by atoms with Crippen molar-refractivity contribution in [2.75, 3.05) is 22.6 Å². The Morgan fingerprint density at radius 1 is 1.04 bits per heavy atom. The smallest absolute Gasteiger partial charge is 0.309 e. The molecule has 4 N–H and O–H groups in total. The zero-order chi connectivity index (χ0) is 33.1. The van der Waals surface area contributed by atoms with Gasteiger partial charge in [0.25, 0.3) is 5.91 Å². The number of carbonyl (C=O) groups is 2. The minimum Gasteiger partial charge on any atom is -0.458 e. The average Bonchev–Trinajstić information content (AvgIpc) is 3.25. The zero-order valence-electron chi connectivity index (χ0n) is 26.2. The molecule has 0 bridgehead atoms. The maximum absolute atomic E-state index is 13.3. The fraction of sp³-hybridized carbons (Fsp3) is 0.229. The second-order valence-electron chi connectivity index (χ2n) is 11.0. The molecule has 46 heavy (non-hydrogen) atoms. The Hall–Kier alpha value is -4.80. The molecule has 1 amide bonds. The van der Waals surface area contributed by atoms with Gasteiger partial charge in [-0.1, -0.05) is 48.0 Å². The Bertz CT molecular complexity index is 1850. The molecule has 4 aromatic rings. The number of carbonyl (C=O) groups excluding carboxylic acids is 2. The normalized spacial score (nSPS) is 14.9. The molecule has 9 nitrogen and oxygen atoms in total. The Balaban J connectivity index is 1.35. The molecule has 0 radical (unpaired) electrons. The minimum absolute atomic E-state index is 0.0266. The van der Waals surface area contributed by atoms with E-state index in [1.807, 2.05) is 50.2 Å². The zero-order valence-corrected chi connectivity index (χ0v) is 27.8. The van der Waals surface area contributed by atoms with Crippen molar-refractivity contribution in [2.24, 2.45) is 4.99 Å². The molecule has 1 aromatic heterocycles. The monoisotopic (exact) mass is 654 g/mol. The third kappa shape index (κ3) is 6.73. The van der Waals surface area contributed by atoms with Gasteiger partial charge in [-0.15, -0.1) is 11.3 Å². The number of rotatable bonds is 8. The molecule has 3 aromatic carbocycles. The number of hydrogen-bond donors (Lipinski definition) is 4. The van der Waals surface area contributed by atoms with Gasteiger partial charge in [0.1, 0.15) is 28.8 Å². The van der Waals surface area contributed by atoms with Crippen molar-refractivity contribution in [3.05, 3.63) is 111 Å². The maximum Gasteiger partial charge on any atom is 0.309 e. The topological polar surface area (TPSA) is 131 Å². The van der Waals surface area contributed by atoms with Gasteiger partial charge in [-0.25, -0.2) is 0 Å². The van der Waals surface area contributed by atoms with Crippen LogP contribution in [0.15, 0.2) is 77.8 Å². The van der Waals surface area contributed by atoms with E-state index in [0.29, 0.717) is 27.5 Å². The number of aliphatic imine (C=N–C) groups is 1. The van der Waals surface area contributed by atoms with Crippen LogP contribution in [0, 0.1) is 24.7 Å². The number of amides is 1. The van der Waals surface area contributed by atoms with Crippen LogP contribution in [0.25, 0.3) is 0 Å². The quantitative estimate of drug-likeness (QED) is 0.0868. The van der Waals surface area contributed by atoms with Crippen molar-refractivity contribution < 1.29 is 14.3 Å². The van der Waals surface area contributed by atoms with Gasteiger partial charge < -0.3 is 15.4 Å². The van der Waals surface area contributed by atoms with Gasteiger partial charge >= 0.3 is 5.97 Å². The highest BCUT2D eigenvalue weighted by Gasteiger charge is 2.35. The number of amidine groups is 2. The summed E-state index contributed by atoms with van der Waals surface area (Å²) in [5.74, 6) is -0.609. The van der Waals surface area contributed by atoms with Gasteiger partial charge in [-0.3, -0.25) is 30.3 Å². The summed E-state index contributed by atoms with van der Waals surface area (Å²) in [5, 5.41) is 24.9. The van der Waals surface area contributed by atoms with Crippen LogP contribution in [0.1, 0.15) is 63.9 Å². The minimum atomic E-state index is -0.892. The molecular formula is C35H35ClN6O3S. The van der Waals surface area contributed by atoms with E-state index in [2.05, 4.69) is 10.6 Å². The van der Waals surface area contributed by atoms with Gasteiger partial charge in [0.2, 0.25) is 0 Å². The van der Waals surface area contributed by atoms with Gasteiger partial charge in [0.15, 0.2) is 0 Å². The summed E-state index contributed by atoms with van der Waals surface area (Å²) in [7, 11) is 1.79. The first-order chi connectivity index (χ1) is 22.0. The molecule has 1 aliphatic rings. The third-order valence-corrected chi connectivity index (χ3v) is 9.30. The third-order valence-electron chi connectivity index (χ3n) is 7.86. The first-order valence-corrected chi connectivity index (χ1v) is 15.9. The molecule has 11 heteroatoms. The molecule has 5 rings (SSSR count). The molecule has 2 heterocycles. The maximum atomic E-state index is 13.3. The predicted octanol–water partition coefficient (Wildman–Crippen LogP) is 8.01. The van der Waals surface area contributed by atoms with E-state index in [1.165, 1.54) is 11.3 Å². The highest BCUT2D eigenvalue weighted by atomic mass is 35.5. The number of nitrogens with one attached hydrogen (secondary N) is 4. The number of ether oxygens (including phenoxy) is 1. The number of halogens is 1. The summed E-state index contributed by atoms with van der Waals surface area (Å²) in [6.45, 7) is 7.39. The standard InChI is InChI=1S/C35H35ClN6O3S/c1-19-21(3)46-35-31(19)32(24-14-16-26(36)17-15-24)40-29(33(38)42(35)22(4)37)18-30(43)45-20(2)23-10-12-25(13-11-23)34(44)41-28-9-7-6-8-27(28)39-5/h6-17,20,29,37-39H,18H2,1-5H3,(H,41,44). The number of aryl methyl sites for hydroxylation is 1. The number of benzene rings is 3. The van der Waals surface area contributed by atoms with Crippen LogP contribution in [0.3, 0.4) is 0 Å². The first-order valence-electron chi connectivity index (χ1n) is 14.7. The Labute approximate surface area is 277 Å². The SMILES string of the molecule is CNc1ccccc1NC(=O)c1ccc(C(C)OC(=O)CC2N=C(c3ccc(Cl)cc3)c3c(sc(C)c3C)N(C(C)=N)C2=N)cc1. The first kappa shape index (κ1) is 32.6. The van der Waals surface area contributed by atoms with Crippen LogP contribution in [0.4, 0.5) is 16.4 Å². The Morgan fingerprint density at radius 3 is 2.33 bits per heavy atom. The molecule has 0 spiro atoms. The number of esters is 1. The van der Waals surface area contributed by atoms with Gasteiger partial charge in [-0.2, -0.15) is 0 Å². The fourth-order valence-corrected chi connectivity index (χ4v) is 6.62. The van der Waals surface area contributed by atoms with Crippen molar-refractivity contribution >= 4 is 68.6 Å². The van der Waals surface area contributed by atoms with E-state index in [0.717, 1.165) is 32.3 Å². The molecular weight excluding hydrogens is 620 g/mol. The highest BCUT2D eigenvalue weighted by Crippen LogP contribution is 2.40. The molecule has 2 unspecified atom stereocenters. The predicted molar refractivity (Wildman–Crippen MR) is 188 cm³/mol. The van der Waals surface area contributed by atoms with Crippen molar-refractivity contribution in [1.29, 1.82) is 10.8 Å².